The lowest BCUT2D eigenvalue weighted by Gasteiger charge is -2.34. The van der Waals surface area contributed by atoms with Crippen LogP contribution in [0.4, 0.5) is 0 Å². The van der Waals surface area contributed by atoms with Crippen molar-refractivity contribution in [3.05, 3.63) is 53.3 Å². The summed E-state index contributed by atoms with van der Waals surface area (Å²) in [5.74, 6) is 0.566. The number of hydrogen-bond donors (Lipinski definition) is 1. The van der Waals surface area contributed by atoms with Gasteiger partial charge in [-0.15, -0.1) is 0 Å². The molecule has 3 rings (SSSR count). The molecular formula is C20H24N2O4. The Morgan fingerprint density at radius 2 is 1.96 bits per heavy atom. The molecule has 2 aromatic rings. The van der Waals surface area contributed by atoms with Crippen LogP contribution in [0.25, 0.3) is 0 Å². The Balaban J connectivity index is 2.23. The standard InChI is InChI=1S/C20H24N2O4/c1-13-12-21-10-9-14(13)19(22-11-5-6-15(22)20(23)24)18-16(25-2)7-4-8-17(18)26-3/h4,7-10,12,15,19H,5-6,11H2,1-3H3,(H,23,24). The fraction of sp³-hybridized carbons (Fsp3) is 0.400. The molecule has 26 heavy (non-hydrogen) atoms. The highest BCUT2D eigenvalue weighted by molar-refractivity contribution is 5.74. The molecule has 1 aromatic carbocycles. The largest absolute Gasteiger partial charge is 0.496 e. The van der Waals surface area contributed by atoms with Gasteiger partial charge in [0.2, 0.25) is 0 Å². The van der Waals surface area contributed by atoms with Crippen molar-refractivity contribution in [2.45, 2.75) is 31.8 Å². The second kappa shape index (κ2) is 7.74. The van der Waals surface area contributed by atoms with Crippen LogP contribution in [0.2, 0.25) is 0 Å². The predicted octanol–water partition coefficient (Wildman–Crippen LogP) is 3.05. The van der Waals surface area contributed by atoms with Crippen LogP contribution in [0.1, 0.15) is 35.6 Å². The quantitative estimate of drug-likeness (QED) is 0.858. The van der Waals surface area contributed by atoms with Crippen molar-refractivity contribution in [2.24, 2.45) is 0 Å². The molecule has 0 aliphatic carbocycles. The highest BCUT2D eigenvalue weighted by atomic mass is 16.5. The van der Waals surface area contributed by atoms with Gasteiger partial charge < -0.3 is 14.6 Å². The van der Waals surface area contributed by atoms with Crippen LogP contribution in [0.15, 0.2) is 36.7 Å². The van der Waals surface area contributed by atoms with Crippen LogP contribution >= 0.6 is 0 Å². The Hall–Kier alpha value is -2.60. The number of carbonyl (C=O) groups is 1. The molecule has 0 amide bonds. The van der Waals surface area contributed by atoms with E-state index in [1.165, 1.54) is 0 Å². The van der Waals surface area contributed by atoms with E-state index < -0.39 is 12.0 Å². The number of aliphatic carboxylic acids is 1. The summed E-state index contributed by atoms with van der Waals surface area (Å²) in [5, 5.41) is 9.73. The van der Waals surface area contributed by atoms with Crippen LogP contribution in [0.3, 0.4) is 0 Å². The van der Waals surface area contributed by atoms with Gasteiger partial charge in [0.15, 0.2) is 0 Å². The van der Waals surface area contributed by atoms with Crippen molar-refractivity contribution >= 4 is 5.97 Å². The normalized spacial score (nSPS) is 18.5. The predicted molar refractivity (Wildman–Crippen MR) is 97.7 cm³/mol. The maximum absolute atomic E-state index is 11.9. The van der Waals surface area contributed by atoms with E-state index in [4.69, 9.17) is 9.47 Å². The van der Waals surface area contributed by atoms with E-state index in [9.17, 15) is 9.90 Å². The minimum atomic E-state index is -0.798. The summed E-state index contributed by atoms with van der Waals surface area (Å²) in [6.45, 7) is 2.69. The molecule has 2 heterocycles. The topological polar surface area (TPSA) is 71.9 Å². The Morgan fingerprint density at radius 3 is 2.54 bits per heavy atom. The molecule has 2 unspecified atom stereocenters. The monoisotopic (exact) mass is 356 g/mol. The zero-order valence-corrected chi connectivity index (χ0v) is 15.3. The first-order valence-electron chi connectivity index (χ1n) is 8.68. The summed E-state index contributed by atoms with van der Waals surface area (Å²) >= 11 is 0. The molecule has 0 spiro atoms. The minimum absolute atomic E-state index is 0.285. The maximum Gasteiger partial charge on any atom is 0.320 e. The smallest absolute Gasteiger partial charge is 0.320 e. The van der Waals surface area contributed by atoms with Crippen molar-refractivity contribution < 1.29 is 19.4 Å². The molecule has 1 N–H and O–H groups in total. The Morgan fingerprint density at radius 1 is 1.27 bits per heavy atom. The molecule has 1 aliphatic rings. The van der Waals surface area contributed by atoms with E-state index in [1.807, 2.05) is 36.1 Å². The molecule has 6 heteroatoms. The highest BCUT2D eigenvalue weighted by Gasteiger charge is 2.39. The summed E-state index contributed by atoms with van der Waals surface area (Å²) in [4.78, 5) is 18.1. The van der Waals surface area contributed by atoms with E-state index in [2.05, 4.69) is 4.98 Å². The number of carboxylic acids is 1. The van der Waals surface area contributed by atoms with Crippen molar-refractivity contribution in [3.63, 3.8) is 0 Å². The fourth-order valence-electron chi connectivity index (χ4n) is 3.80. The van der Waals surface area contributed by atoms with Crippen LogP contribution in [0.5, 0.6) is 11.5 Å². The number of benzene rings is 1. The summed E-state index contributed by atoms with van der Waals surface area (Å²) in [5.41, 5.74) is 2.86. The Bertz CT molecular complexity index is 771. The SMILES string of the molecule is COc1cccc(OC)c1C(c1ccncc1C)N1CCCC1C(=O)O. The van der Waals surface area contributed by atoms with Gasteiger partial charge in [-0.3, -0.25) is 14.7 Å². The second-order valence-corrected chi connectivity index (χ2v) is 6.45. The number of aromatic nitrogens is 1. The number of likely N-dealkylation sites (tertiary alicyclic amines) is 1. The number of rotatable bonds is 6. The average Bonchev–Trinajstić information content (AvgIpc) is 3.13. The third-order valence-corrected chi connectivity index (χ3v) is 5.01. The molecule has 0 radical (unpaired) electrons. The van der Waals surface area contributed by atoms with Crippen LogP contribution in [-0.2, 0) is 4.79 Å². The lowest BCUT2D eigenvalue weighted by Crippen LogP contribution is -2.39. The lowest BCUT2D eigenvalue weighted by molar-refractivity contribution is -0.142. The molecular weight excluding hydrogens is 332 g/mol. The number of pyridine rings is 1. The van der Waals surface area contributed by atoms with Crippen molar-refractivity contribution in [1.82, 2.24) is 9.88 Å². The third-order valence-electron chi connectivity index (χ3n) is 5.01. The van der Waals surface area contributed by atoms with E-state index in [0.717, 1.165) is 23.1 Å². The number of hydrogen-bond acceptors (Lipinski definition) is 5. The van der Waals surface area contributed by atoms with Gasteiger partial charge in [0, 0.05) is 18.9 Å². The number of aryl methyl sites for hydroxylation is 1. The van der Waals surface area contributed by atoms with E-state index in [0.29, 0.717) is 24.5 Å². The molecule has 138 valence electrons. The maximum atomic E-state index is 11.9. The summed E-state index contributed by atoms with van der Waals surface area (Å²) in [7, 11) is 3.24. The van der Waals surface area contributed by atoms with Gasteiger partial charge >= 0.3 is 5.97 Å². The molecule has 1 aliphatic heterocycles. The van der Waals surface area contributed by atoms with Gasteiger partial charge in [-0.05, 0) is 49.1 Å². The molecule has 2 atom stereocenters. The van der Waals surface area contributed by atoms with Crippen LogP contribution in [0, 0.1) is 6.92 Å². The first-order chi connectivity index (χ1) is 12.6. The highest BCUT2D eigenvalue weighted by Crippen LogP contribution is 2.44. The average molecular weight is 356 g/mol. The Kier molecular flexibility index (Phi) is 5.42. The number of nitrogens with zero attached hydrogens (tertiary/aromatic N) is 2. The molecule has 0 bridgehead atoms. The van der Waals surface area contributed by atoms with Crippen molar-refractivity contribution in [2.75, 3.05) is 20.8 Å². The molecule has 1 aromatic heterocycles. The Labute approximate surface area is 153 Å². The number of ether oxygens (including phenoxy) is 2. The van der Waals surface area contributed by atoms with Crippen LogP contribution < -0.4 is 9.47 Å². The van der Waals surface area contributed by atoms with Gasteiger partial charge in [0.25, 0.3) is 0 Å². The molecule has 1 fully saturated rings. The third kappa shape index (κ3) is 3.24. The first-order valence-corrected chi connectivity index (χ1v) is 8.68. The van der Waals surface area contributed by atoms with Crippen LogP contribution in [-0.4, -0.2) is 47.8 Å². The summed E-state index contributed by atoms with van der Waals surface area (Å²) in [6, 6.07) is 6.76. The van der Waals surface area contributed by atoms with Gasteiger partial charge in [0.05, 0.1) is 25.8 Å². The number of carboxylic acid groups (broad SMARTS) is 1. The zero-order chi connectivity index (χ0) is 18.7. The van der Waals surface area contributed by atoms with Crippen molar-refractivity contribution in [3.8, 4) is 11.5 Å². The van der Waals surface area contributed by atoms with E-state index >= 15 is 0 Å². The molecule has 6 nitrogen and oxygen atoms in total. The van der Waals surface area contributed by atoms with Gasteiger partial charge in [-0.25, -0.2) is 0 Å². The summed E-state index contributed by atoms with van der Waals surface area (Å²) in [6.07, 6.45) is 5.02. The van der Waals surface area contributed by atoms with Gasteiger partial charge in [-0.2, -0.15) is 0 Å². The lowest BCUT2D eigenvalue weighted by atomic mass is 9.92. The number of methoxy groups -OCH3 is 2. The van der Waals surface area contributed by atoms with Gasteiger partial charge in [0.1, 0.15) is 17.5 Å². The zero-order valence-electron chi connectivity index (χ0n) is 15.3. The second-order valence-electron chi connectivity index (χ2n) is 6.45. The van der Waals surface area contributed by atoms with E-state index in [1.54, 1.807) is 26.6 Å². The van der Waals surface area contributed by atoms with Crippen molar-refractivity contribution in [1.29, 1.82) is 0 Å². The molecule has 0 saturated carbocycles. The minimum Gasteiger partial charge on any atom is -0.496 e. The van der Waals surface area contributed by atoms with E-state index in [-0.39, 0.29) is 6.04 Å². The first kappa shape index (κ1) is 18.2. The summed E-state index contributed by atoms with van der Waals surface area (Å²) < 4.78 is 11.2. The molecule has 1 saturated heterocycles. The fourth-order valence-corrected chi connectivity index (χ4v) is 3.80. The van der Waals surface area contributed by atoms with Gasteiger partial charge in [-0.1, -0.05) is 6.07 Å².